The Labute approximate surface area is 127 Å². The summed E-state index contributed by atoms with van der Waals surface area (Å²) in [5, 5.41) is 19.8. The monoisotopic (exact) mass is 298 g/mol. The van der Waals surface area contributed by atoms with E-state index in [4.69, 9.17) is 9.52 Å². The van der Waals surface area contributed by atoms with E-state index in [-0.39, 0.29) is 6.61 Å². The number of anilines is 2. The third kappa shape index (κ3) is 2.46. The Balaban J connectivity index is 1.55. The van der Waals surface area contributed by atoms with Crippen molar-refractivity contribution in [2.24, 2.45) is 0 Å². The largest absolute Gasteiger partial charge is 0.457 e. The van der Waals surface area contributed by atoms with E-state index in [0.29, 0.717) is 23.1 Å². The maximum Gasteiger partial charge on any atom is 0.153 e. The molecule has 1 aliphatic carbocycles. The van der Waals surface area contributed by atoms with Crippen molar-refractivity contribution in [3.63, 3.8) is 0 Å². The summed E-state index contributed by atoms with van der Waals surface area (Å²) in [6, 6.07) is 7.50. The Kier molecular flexibility index (Phi) is 3.31. The molecule has 3 aromatic rings. The Hall–Kier alpha value is -2.34. The highest BCUT2D eigenvalue weighted by molar-refractivity contribution is 5.76. The highest BCUT2D eigenvalue weighted by Crippen LogP contribution is 2.34. The number of hydrogen-bond donors (Lipinski definition) is 3. The topological polar surface area (TPSA) is 87.0 Å². The van der Waals surface area contributed by atoms with Gasteiger partial charge in [0.05, 0.1) is 0 Å². The minimum Gasteiger partial charge on any atom is -0.457 e. The van der Waals surface area contributed by atoms with Crippen molar-refractivity contribution in [2.45, 2.75) is 38.2 Å². The van der Waals surface area contributed by atoms with E-state index in [2.05, 4.69) is 26.6 Å². The van der Waals surface area contributed by atoms with Crippen LogP contribution in [0.15, 0.2) is 28.7 Å². The Bertz CT molecular complexity index is 786. The minimum absolute atomic E-state index is 0.122. The zero-order valence-corrected chi connectivity index (χ0v) is 12.2. The lowest BCUT2D eigenvalue weighted by molar-refractivity contribution is 0.251. The first-order valence-electron chi connectivity index (χ1n) is 7.64. The number of H-pyrrole nitrogens is 1. The molecule has 0 aliphatic heterocycles. The molecule has 1 fully saturated rings. The fraction of sp³-hybridized carbons (Fsp3) is 0.375. The molecule has 3 N–H and O–H groups in total. The van der Waals surface area contributed by atoms with Crippen molar-refractivity contribution in [3.8, 4) is 0 Å². The van der Waals surface area contributed by atoms with Crippen molar-refractivity contribution in [2.75, 3.05) is 5.32 Å². The number of nitrogens with zero attached hydrogens (tertiary/aromatic N) is 2. The molecule has 0 saturated heterocycles. The van der Waals surface area contributed by atoms with E-state index >= 15 is 0 Å². The van der Waals surface area contributed by atoms with Gasteiger partial charge in [-0.1, -0.05) is 12.8 Å². The van der Waals surface area contributed by atoms with E-state index in [1.807, 2.05) is 12.1 Å². The van der Waals surface area contributed by atoms with Crippen LogP contribution in [-0.4, -0.2) is 20.3 Å². The van der Waals surface area contributed by atoms with Crippen LogP contribution >= 0.6 is 0 Å². The van der Waals surface area contributed by atoms with Crippen LogP contribution in [0.3, 0.4) is 0 Å². The van der Waals surface area contributed by atoms with Gasteiger partial charge in [0.2, 0.25) is 0 Å². The average Bonchev–Trinajstić information content (AvgIpc) is 3.26. The van der Waals surface area contributed by atoms with Gasteiger partial charge in [-0.05, 0) is 25.0 Å². The minimum atomic E-state index is -0.122. The number of aromatic amines is 1. The zero-order valence-electron chi connectivity index (χ0n) is 12.2. The molecule has 3 aromatic heterocycles. The van der Waals surface area contributed by atoms with Gasteiger partial charge in [-0.25, -0.2) is 4.98 Å². The van der Waals surface area contributed by atoms with Crippen molar-refractivity contribution >= 4 is 22.7 Å². The second kappa shape index (κ2) is 5.46. The molecule has 1 saturated carbocycles. The lowest BCUT2D eigenvalue weighted by Gasteiger charge is -2.03. The number of pyridine rings is 1. The summed E-state index contributed by atoms with van der Waals surface area (Å²) >= 11 is 0. The van der Waals surface area contributed by atoms with Crippen LogP contribution in [0.4, 0.5) is 11.6 Å². The van der Waals surface area contributed by atoms with Gasteiger partial charge in [0.15, 0.2) is 11.4 Å². The summed E-state index contributed by atoms with van der Waals surface area (Å²) in [6.45, 7) is -0.122. The predicted octanol–water partition coefficient (Wildman–Crippen LogP) is 3.44. The van der Waals surface area contributed by atoms with E-state index in [1.165, 1.54) is 31.4 Å². The van der Waals surface area contributed by atoms with Crippen LogP contribution in [0, 0.1) is 0 Å². The first-order valence-corrected chi connectivity index (χ1v) is 7.64. The molecule has 6 nitrogen and oxygen atoms in total. The molecule has 22 heavy (non-hydrogen) atoms. The van der Waals surface area contributed by atoms with Crippen LogP contribution in [0.1, 0.15) is 43.1 Å². The van der Waals surface area contributed by atoms with Crippen LogP contribution in [0.2, 0.25) is 0 Å². The number of nitrogens with one attached hydrogen (secondary N) is 2. The standard InChI is InChI=1S/C16H18N4O2/c21-9-11-7-13-14(22-11)5-6-15(17-13)18-16-8-12(19-20-16)10-3-1-2-4-10/h5-8,10,21H,1-4,9H2,(H2,17,18,19,20). The first kappa shape index (κ1) is 13.3. The zero-order chi connectivity index (χ0) is 14.9. The van der Waals surface area contributed by atoms with Gasteiger partial charge in [-0.3, -0.25) is 5.10 Å². The van der Waals surface area contributed by atoms with Gasteiger partial charge >= 0.3 is 0 Å². The fourth-order valence-corrected chi connectivity index (χ4v) is 3.10. The number of aliphatic hydroxyl groups is 1. The molecule has 0 unspecified atom stereocenters. The molecule has 0 radical (unpaired) electrons. The van der Waals surface area contributed by atoms with Gasteiger partial charge in [0.1, 0.15) is 23.7 Å². The third-order valence-electron chi connectivity index (χ3n) is 4.23. The number of aromatic nitrogens is 3. The highest BCUT2D eigenvalue weighted by atomic mass is 16.4. The van der Waals surface area contributed by atoms with Crippen molar-refractivity contribution in [1.29, 1.82) is 0 Å². The van der Waals surface area contributed by atoms with Crippen molar-refractivity contribution in [1.82, 2.24) is 15.2 Å². The normalized spacial score (nSPS) is 15.7. The molecule has 1 aliphatic rings. The SMILES string of the molecule is OCc1cc2nc(Nc3cc(C4CCCC4)[nH]n3)ccc2o1. The molecular weight excluding hydrogens is 280 g/mol. The van der Waals surface area contributed by atoms with Crippen molar-refractivity contribution < 1.29 is 9.52 Å². The molecule has 114 valence electrons. The number of aliphatic hydroxyl groups excluding tert-OH is 1. The summed E-state index contributed by atoms with van der Waals surface area (Å²) in [5.41, 5.74) is 2.59. The summed E-state index contributed by atoms with van der Waals surface area (Å²) in [7, 11) is 0. The molecule has 6 heteroatoms. The van der Waals surface area contributed by atoms with E-state index < -0.39 is 0 Å². The second-order valence-corrected chi connectivity index (χ2v) is 5.77. The number of hydrogen-bond acceptors (Lipinski definition) is 5. The summed E-state index contributed by atoms with van der Waals surface area (Å²) in [6.07, 6.45) is 5.09. The maximum atomic E-state index is 9.10. The Morgan fingerprint density at radius 1 is 1.23 bits per heavy atom. The second-order valence-electron chi connectivity index (χ2n) is 5.77. The van der Waals surface area contributed by atoms with E-state index in [1.54, 1.807) is 6.07 Å². The molecule has 0 bridgehead atoms. The predicted molar refractivity (Wildman–Crippen MR) is 83.0 cm³/mol. The number of rotatable bonds is 4. The molecule has 0 aromatic carbocycles. The van der Waals surface area contributed by atoms with Gasteiger partial charge < -0.3 is 14.8 Å². The molecule has 0 spiro atoms. The molecule has 0 atom stereocenters. The summed E-state index contributed by atoms with van der Waals surface area (Å²) in [5.74, 6) is 2.62. The Morgan fingerprint density at radius 2 is 2.09 bits per heavy atom. The lowest BCUT2D eigenvalue weighted by Crippen LogP contribution is -1.93. The molecule has 0 amide bonds. The summed E-state index contributed by atoms with van der Waals surface area (Å²) in [4.78, 5) is 4.48. The lowest BCUT2D eigenvalue weighted by atomic mass is 10.0. The van der Waals surface area contributed by atoms with Crippen molar-refractivity contribution in [3.05, 3.63) is 35.7 Å². The van der Waals surface area contributed by atoms with Gasteiger partial charge in [-0.15, -0.1) is 0 Å². The molecule has 4 rings (SSSR count). The van der Waals surface area contributed by atoms with Gasteiger partial charge in [-0.2, -0.15) is 5.10 Å². The smallest absolute Gasteiger partial charge is 0.153 e. The number of fused-ring (bicyclic) bond motifs is 1. The van der Waals surface area contributed by atoms with Crippen LogP contribution in [0.25, 0.3) is 11.1 Å². The average molecular weight is 298 g/mol. The van der Waals surface area contributed by atoms with Gasteiger partial charge in [0, 0.05) is 23.7 Å². The quantitative estimate of drug-likeness (QED) is 0.686. The van der Waals surface area contributed by atoms with Gasteiger partial charge in [0.25, 0.3) is 0 Å². The van der Waals surface area contributed by atoms with E-state index in [9.17, 15) is 0 Å². The third-order valence-corrected chi connectivity index (χ3v) is 4.23. The number of furan rings is 1. The van der Waals surface area contributed by atoms with Crippen LogP contribution in [-0.2, 0) is 6.61 Å². The molecular formula is C16H18N4O2. The summed E-state index contributed by atoms with van der Waals surface area (Å²) < 4.78 is 5.43. The molecule has 3 heterocycles. The van der Waals surface area contributed by atoms with Crippen LogP contribution < -0.4 is 5.32 Å². The Morgan fingerprint density at radius 3 is 2.91 bits per heavy atom. The maximum absolute atomic E-state index is 9.10. The first-order chi connectivity index (χ1) is 10.8. The fourth-order valence-electron chi connectivity index (χ4n) is 3.10. The van der Waals surface area contributed by atoms with Crippen LogP contribution in [0.5, 0.6) is 0 Å². The highest BCUT2D eigenvalue weighted by Gasteiger charge is 2.19. The van der Waals surface area contributed by atoms with E-state index in [0.717, 1.165) is 11.3 Å².